The molecule has 1 aromatic rings. The van der Waals surface area contributed by atoms with E-state index in [0.29, 0.717) is 6.42 Å². The Hall–Kier alpha value is -0.420. The van der Waals surface area contributed by atoms with E-state index < -0.39 is 9.63 Å². The fourth-order valence-electron chi connectivity index (χ4n) is 1.18. The zero-order chi connectivity index (χ0) is 8.77. The summed E-state index contributed by atoms with van der Waals surface area (Å²) in [5.41, 5.74) is 1.07. The van der Waals surface area contributed by atoms with Gasteiger partial charge in [-0.05, 0) is 11.6 Å². The molecular weight excluding hydrogens is 242 g/mol. The Labute approximate surface area is 81.7 Å². The number of aliphatic carboxylic acids is 1. The summed E-state index contributed by atoms with van der Waals surface area (Å²) in [4.78, 5) is 13.8. The molecule has 0 saturated carbocycles. The van der Waals surface area contributed by atoms with Crippen LogP contribution in [0.5, 0.6) is 0 Å². The molecule has 0 aliphatic carbocycles. The minimum absolute atomic E-state index is 0.534. The number of alkyl halides is 1. The van der Waals surface area contributed by atoms with Crippen molar-refractivity contribution in [1.82, 2.24) is 4.98 Å². The molecule has 3 nitrogen and oxygen atoms in total. The Bertz CT molecular complexity index is 315. The number of H-pyrrole nitrogens is 1. The third kappa shape index (κ3) is 1.08. The molecule has 0 amide bonds. The van der Waals surface area contributed by atoms with Crippen LogP contribution < -0.4 is 0 Å². The second kappa shape index (κ2) is 2.53. The SMILES string of the molecule is O=C(O)C1(Br)Cc2cc[nH]c2S1. The average molecular weight is 248 g/mol. The van der Waals surface area contributed by atoms with Crippen LogP contribution in [0.4, 0.5) is 0 Å². The smallest absolute Gasteiger partial charge is 0.331 e. The van der Waals surface area contributed by atoms with Gasteiger partial charge in [-0.15, -0.1) is 0 Å². The van der Waals surface area contributed by atoms with Crippen LogP contribution in [-0.4, -0.2) is 19.7 Å². The molecule has 2 N–H and O–H groups in total. The highest BCUT2D eigenvalue weighted by Crippen LogP contribution is 2.48. The molecule has 0 spiro atoms. The molecular formula is C7H6BrNO2S. The number of carboxylic acids is 1. The summed E-state index contributed by atoms with van der Waals surface area (Å²) in [5.74, 6) is -0.822. The van der Waals surface area contributed by atoms with Crippen molar-refractivity contribution in [3.05, 3.63) is 17.8 Å². The molecule has 12 heavy (non-hydrogen) atoms. The van der Waals surface area contributed by atoms with E-state index in [2.05, 4.69) is 20.9 Å². The van der Waals surface area contributed by atoms with Gasteiger partial charge < -0.3 is 10.1 Å². The number of carboxylic acid groups (broad SMARTS) is 1. The molecule has 0 aromatic carbocycles. The summed E-state index contributed by atoms with van der Waals surface area (Å²) in [6.07, 6.45) is 2.36. The Morgan fingerprint density at radius 2 is 2.58 bits per heavy atom. The standard InChI is InChI=1S/C7H6BrNO2S/c8-7(6(10)11)3-4-1-2-9-5(4)12-7/h1-2,9H,3H2,(H,10,11). The third-order valence-corrected chi connectivity index (χ3v) is 4.12. The third-order valence-electron chi connectivity index (χ3n) is 1.79. The molecule has 0 saturated heterocycles. The van der Waals surface area contributed by atoms with Crippen LogP contribution >= 0.6 is 27.7 Å². The number of aromatic nitrogens is 1. The lowest BCUT2D eigenvalue weighted by atomic mass is 10.2. The van der Waals surface area contributed by atoms with Crippen LogP contribution in [0.2, 0.25) is 0 Å². The first-order valence-corrected chi connectivity index (χ1v) is 5.00. The van der Waals surface area contributed by atoms with E-state index in [9.17, 15) is 4.79 Å². The Morgan fingerprint density at radius 1 is 1.83 bits per heavy atom. The Balaban J connectivity index is 2.32. The monoisotopic (exact) mass is 247 g/mol. The maximum Gasteiger partial charge on any atom is 0.331 e. The normalized spacial score (nSPS) is 27.1. The molecule has 0 bridgehead atoms. The van der Waals surface area contributed by atoms with E-state index in [-0.39, 0.29) is 0 Å². The van der Waals surface area contributed by atoms with Crippen molar-refractivity contribution in [1.29, 1.82) is 0 Å². The Morgan fingerprint density at radius 3 is 3.17 bits per heavy atom. The topological polar surface area (TPSA) is 53.1 Å². The van der Waals surface area contributed by atoms with Crippen molar-refractivity contribution in [2.75, 3.05) is 0 Å². The van der Waals surface area contributed by atoms with Gasteiger partial charge in [-0.1, -0.05) is 27.7 Å². The highest BCUT2D eigenvalue weighted by Gasteiger charge is 2.43. The lowest BCUT2D eigenvalue weighted by Gasteiger charge is -2.12. The van der Waals surface area contributed by atoms with Gasteiger partial charge in [0.1, 0.15) is 0 Å². The molecule has 64 valence electrons. The average Bonchev–Trinajstić information content (AvgIpc) is 2.44. The van der Waals surface area contributed by atoms with Gasteiger partial charge in [-0.2, -0.15) is 0 Å². The molecule has 2 rings (SSSR count). The summed E-state index contributed by atoms with van der Waals surface area (Å²) >= 11 is 4.53. The van der Waals surface area contributed by atoms with E-state index in [1.807, 2.05) is 12.3 Å². The highest BCUT2D eigenvalue weighted by atomic mass is 79.9. The maximum atomic E-state index is 10.8. The summed E-state index contributed by atoms with van der Waals surface area (Å²) in [6, 6.07) is 1.91. The van der Waals surface area contributed by atoms with E-state index in [0.717, 1.165) is 10.6 Å². The number of rotatable bonds is 1. The van der Waals surface area contributed by atoms with Gasteiger partial charge in [0.2, 0.25) is 0 Å². The van der Waals surface area contributed by atoms with E-state index >= 15 is 0 Å². The van der Waals surface area contributed by atoms with Crippen LogP contribution in [0.3, 0.4) is 0 Å². The van der Waals surface area contributed by atoms with Gasteiger partial charge >= 0.3 is 5.97 Å². The Kier molecular flexibility index (Phi) is 1.73. The quantitative estimate of drug-likeness (QED) is 0.745. The predicted octanol–water partition coefficient (Wildman–Crippen LogP) is 1.84. The zero-order valence-electron chi connectivity index (χ0n) is 6.00. The van der Waals surface area contributed by atoms with Gasteiger partial charge in [0, 0.05) is 12.6 Å². The van der Waals surface area contributed by atoms with Crippen molar-refractivity contribution in [3.8, 4) is 0 Å². The van der Waals surface area contributed by atoms with Gasteiger partial charge in [0.05, 0.1) is 5.03 Å². The second-order valence-corrected chi connectivity index (χ2v) is 5.83. The zero-order valence-corrected chi connectivity index (χ0v) is 8.41. The number of carbonyl (C=O) groups is 1. The number of thioether (sulfide) groups is 1. The van der Waals surface area contributed by atoms with Crippen molar-refractivity contribution in [2.45, 2.75) is 15.1 Å². The largest absolute Gasteiger partial charge is 0.480 e. The molecule has 0 fully saturated rings. The van der Waals surface area contributed by atoms with E-state index in [1.54, 1.807) is 0 Å². The molecule has 1 aliphatic heterocycles. The number of hydrogen-bond acceptors (Lipinski definition) is 2. The summed E-state index contributed by atoms with van der Waals surface area (Å²) in [7, 11) is 0. The lowest BCUT2D eigenvalue weighted by Crippen LogP contribution is -2.26. The van der Waals surface area contributed by atoms with Crippen LogP contribution in [0.1, 0.15) is 5.56 Å². The number of nitrogens with one attached hydrogen (secondary N) is 1. The van der Waals surface area contributed by atoms with E-state index in [4.69, 9.17) is 5.11 Å². The number of hydrogen-bond donors (Lipinski definition) is 2. The molecule has 5 heteroatoms. The fourth-order valence-corrected chi connectivity index (χ4v) is 3.01. The maximum absolute atomic E-state index is 10.8. The van der Waals surface area contributed by atoms with Crippen LogP contribution in [0, 0.1) is 0 Å². The molecule has 2 heterocycles. The summed E-state index contributed by atoms with van der Waals surface area (Å²) in [6.45, 7) is 0. The van der Waals surface area contributed by atoms with Gasteiger partial charge in [0.15, 0.2) is 3.66 Å². The van der Waals surface area contributed by atoms with Crippen LogP contribution in [0.25, 0.3) is 0 Å². The second-order valence-electron chi connectivity index (χ2n) is 2.64. The van der Waals surface area contributed by atoms with Crippen molar-refractivity contribution < 1.29 is 9.90 Å². The van der Waals surface area contributed by atoms with Crippen molar-refractivity contribution in [3.63, 3.8) is 0 Å². The van der Waals surface area contributed by atoms with Crippen molar-refractivity contribution in [2.24, 2.45) is 0 Å². The fraction of sp³-hybridized carbons (Fsp3) is 0.286. The van der Waals surface area contributed by atoms with Crippen LogP contribution in [-0.2, 0) is 11.2 Å². The number of aromatic amines is 1. The first kappa shape index (κ1) is 8.19. The first-order chi connectivity index (χ1) is 5.62. The minimum Gasteiger partial charge on any atom is -0.480 e. The molecule has 1 unspecified atom stereocenters. The predicted molar refractivity (Wildman–Crippen MR) is 49.6 cm³/mol. The molecule has 1 aromatic heterocycles. The number of halogens is 1. The van der Waals surface area contributed by atoms with Gasteiger partial charge in [-0.3, -0.25) is 0 Å². The van der Waals surface area contributed by atoms with Crippen LogP contribution in [0.15, 0.2) is 17.3 Å². The lowest BCUT2D eigenvalue weighted by molar-refractivity contribution is -0.137. The van der Waals surface area contributed by atoms with E-state index in [1.165, 1.54) is 11.8 Å². The minimum atomic E-state index is -0.852. The summed E-state index contributed by atoms with van der Waals surface area (Å²) in [5, 5.41) is 9.83. The van der Waals surface area contributed by atoms with Gasteiger partial charge in [0.25, 0.3) is 0 Å². The van der Waals surface area contributed by atoms with Gasteiger partial charge in [-0.25, -0.2) is 4.79 Å². The number of fused-ring (bicyclic) bond motifs is 1. The molecule has 1 aliphatic rings. The van der Waals surface area contributed by atoms with Crippen molar-refractivity contribution >= 4 is 33.7 Å². The first-order valence-electron chi connectivity index (χ1n) is 3.39. The molecule has 0 radical (unpaired) electrons. The molecule has 1 atom stereocenters. The summed E-state index contributed by atoms with van der Waals surface area (Å²) < 4.78 is -0.852. The highest BCUT2D eigenvalue weighted by molar-refractivity contribution is 9.12.